The number of hydrogen-bond acceptors (Lipinski definition) is 15. The predicted molar refractivity (Wildman–Crippen MR) is 301 cm³/mol. The maximum absolute atomic E-state index is 13.8. The van der Waals surface area contributed by atoms with E-state index in [0.717, 1.165) is 145 Å². The SMILES string of the molecule is CN1CCC(c2nc(-c3cn(S(=O)(=O)c4ccccc4)c4ncc(C5CCC(=O)CC5)cc34)cs2)CC1.CN1CCC(c2nc(-c3cn(S(=O)(=O)c4ccccc4)c4ncc(C5CCC6(CC5)OCCO6)cc34)cs2)CC1. The van der Waals surface area contributed by atoms with E-state index in [2.05, 4.69) is 46.4 Å². The third kappa shape index (κ3) is 10.5. The second kappa shape index (κ2) is 21.6. The lowest BCUT2D eigenvalue weighted by Gasteiger charge is -2.35. The van der Waals surface area contributed by atoms with Gasteiger partial charge < -0.3 is 19.3 Å². The normalized spacial score (nSPS) is 19.8. The summed E-state index contributed by atoms with van der Waals surface area (Å²) in [5.74, 6) is 1.35. The number of hydrogen-bond donors (Lipinski definition) is 0. The van der Waals surface area contributed by atoms with Gasteiger partial charge in [-0.1, -0.05) is 36.4 Å². The van der Waals surface area contributed by atoms with Crippen LogP contribution in [0.1, 0.15) is 122 Å². The molecule has 19 heteroatoms. The van der Waals surface area contributed by atoms with Crippen molar-refractivity contribution in [1.82, 2.24) is 37.7 Å². The number of Topliss-reactive ketones (excluding diaryl/α,β-unsaturated/α-hetero) is 1. The lowest BCUT2D eigenvalue weighted by atomic mass is 9.81. The summed E-state index contributed by atoms with van der Waals surface area (Å²) in [6.07, 6.45) is 17.8. The van der Waals surface area contributed by atoms with Gasteiger partial charge in [0.15, 0.2) is 17.1 Å². The molecule has 5 fully saturated rings. The molecule has 0 unspecified atom stereocenters. The van der Waals surface area contributed by atoms with Gasteiger partial charge in [-0.15, -0.1) is 22.7 Å². The average Bonchev–Trinajstić information content (AvgIpc) is 4.46. The summed E-state index contributed by atoms with van der Waals surface area (Å²) < 4.78 is 69.4. The second-order valence-corrected chi connectivity index (χ2v) is 27.0. The highest BCUT2D eigenvalue weighted by molar-refractivity contribution is 7.90. The third-order valence-corrected chi connectivity index (χ3v) is 22.0. The number of carbonyl (C=O) groups is 1. The monoisotopic (exact) mass is 1110 g/mol. The highest BCUT2D eigenvalue weighted by Crippen LogP contribution is 2.45. The fraction of sp³-hybridized carbons (Fsp3) is 0.431. The first-order valence-corrected chi connectivity index (χ1v) is 31.7. The van der Waals surface area contributed by atoms with Crippen molar-refractivity contribution >= 4 is 70.6 Å². The minimum atomic E-state index is -3.84. The Bertz CT molecular complexity index is 3630. The van der Waals surface area contributed by atoms with Crippen LogP contribution < -0.4 is 0 Å². The molecule has 15 nitrogen and oxygen atoms in total. The Morgan fingerprint density at radius 1 is 0.558 bits per heavy atom. The number of aromatic nitrogens is 6. The van der Waals surface area contributed by atoms with Crippen molar-refractivity contribution in [3.05, 3.63) is 129 Å². The van der Waals surface area contributed by atoms with E-state index >= 15 is 0 Å². The number of likely N-dealkylation sites (tertiary alicyclic amines) is 2. The first-order valence-electron chi connectivity index (χ1n) is 27.0. The van der Waals surface area contributed by atoms with E-state index in [1.54, 1.807) is 95.9 Å². The molecule has 2 aromatic carbocycles. The fourth-order valence-corrected chi connectivity index (χ4v) is 16.7. The van der Waals surface area contributed by atoms with Crippen molar-refractivity contribution in [2.75, 3.05) is 53.5 Å². The van der Waals surface area contributed by atoms with Gasteiger partial charge in [-0.05, 0) is 151 Å². The molecule has 2 saturated carbocycles. The molecule has 3 saturated heterocycles. The largest absolute Gasteiger partial charge is 0.348 e. The third-order valence-electron chi connectivity index (χ3n) is 16.6. The van der Waals surface area contributed by atoms with E-state index in [9.17, 15) is 21.6 Å². The Morgan fingerprint density at radius 2 is 0.974 bits per heavy atom. The van der Waals surface area contributed by atoms with Gasteiger partial charge >= 0.3 is 0 Å². The Labute approximate surface area is 458 Å². The van der Waals surface area contributed by atoms with Crippen LogP contribution in [0.25, 0.3) is 44.6 Å². The van der Waals surface area contributed by atoms with Crippen molar-refractivity contribution in [2.24, 2.45) is 0 Å². The van der Waals surface area contributed by atoms with Crippen molar-refractivity contribution in [1.29, 1.82) is 0 Å². The Hall–Kier alpha value is -5.51. The van der Waals surface area contributed by atoms with Crippen LogP contribution in [0.15, 0.2) is 118 Å². The summed E-state index contributed by atoms with van der Waals surface area (Å²) in [6, 6.07) is 21.2. The molecule has 8 aromatic rings. The zero-order chi connectivity index (χ0) is 52.9. The molecular formula is C58H64N8O7S4. The number of thiazole rings is 2. The molecule has 0 atom stereocenters. The average molecular weight is 1110 g/mol. The van der Waals surface area contributed by atoms with Gasteiger partial charge in [0.05, 0.1) is 44.4 Å². The summed E-state index contributed by atoms with van der Waals surface area (Å²) in [7, 11) is -3.36. The molecule has 1 spiro atoms. The van der Waals surface area contributed by atoms with Gasteiger partial charge in [0.1, 0.15) is 5.78 Å². The van der Waals surface area contributed by atoms with E-state index in [0.29, 0.717) is 60.9 Å². The van der Waals surface area contributed by atoms with E-state index in [1.807, 2.05) is 17.6 Å². The maximum Gasteiger partial charge on any atom is 0.269 e. The number of fused-ring (bicyclic) bond motifs is 2. The summed E-state index contributed by atoms with van der Waals surface area (Å²) in [5.41, 5.74) is 6.24. The predicted octanol–water partition coefficient (Wildman–Crippen LogP) is 11.0. The van der Waals surface area contributed by atoms with Gasteiger partial charge in [-0.25, -0.2) is 44.7 Å². The standard InChI is InChI=1S/C30H34N4O4S2.C28H30N4O3S2/c1-33-13-9-22(10-14-33)29-32-27(20-39-29)26-19-34(40(35,36)24-5-3-2-4-6-24)28-25(26)17-23(18-31-28)21-7-11-30(12-8-21)37-15-16-38-30;1-31-13-11-20(12-14-31)28-30-26(18-36-28)25-17-32(37(34,35)23-5-3-2-4-6-23)27-24(25)15-21(16-29-27)19-7-9-22(33)10-8-19/h2-6,17-22H,7-16H2,1H3;2-6,15-20H,7-14H2,1H3. The van der Waals surface area contributed by atoms with E-state index < -0.39 is 25.8 Å². The summed E-state index contributed by atoms with van der Waals surface area (Å²) in [5, 5.41) is 7.99. The van der Waals surface area contributed by atoms with E-state index in [4.69, 9.17) is 24.4 Å². The van der Waals surface area contributed by atoms with Gasteiger partial charge in [0, 0.05) is 95.0 Å². The molecule has 77 heavy (non-hydrogen) atoms. The lowest BCUT2D eigenvalue weighted by molar-refractivity contribution is -0.178. The molecule has 402 valence electrons. The Kier molecular flexibility index (Phi) is 14.7. The van der Waals surface area contributed by atoms with Crippen molar-refractivity contribution in [3.8, 4) is 22.5 Å². The van der Waals surface area contributed by atoms with E-state index in [-0.39, 0.29) is 15.7 Å². The minimum Gasteiger partial charge on any atom is -0.348 e. The molecule has 3 aliphatic heterocycles. The number of nitrogens with zero attached hydrogens (tertiary/aromatic N) is 8. The number of rotatable bonds is 10. The Morgan fingerprint density at radius 3 is 1.40 bits per heavy atom. The topological polar surface area (TPSA) is 172 Å². The van der Waals surface area contributed by atoms with Crippen LogP contribution in [0.2, 0.25) is 0 Å². The Balaban J connectivity index is 0.000000155. The molecule has 6 aromatic heterocycles. The first-order chi connectivity index (χ1) is 37.3. The van der Waals surface area contributed by atoms with Crippen molar-refractivity contribution < 1.29 is 31.1 Å². The maximum atomic E-state index is 13.8. The number of ketones is 1. The molecule has 0 amide bonds. The van der Waals surface area contributed by atoms with Gasteiger partial charge in [-0.2, -0.15) is 0 Å². The molecule has 5 aliphatic rings. The van der Waals surface area contributed by atoms with Crippen LogP contribution in [0.3, 0.4) is 0 Å². The van der Waals surface area contributed by atoms with Gasteiger partial charge in [-0.3, -0.25) is 4.79 Å². The number of benzene rings is 2. The van der Waals surface area contributed by atoms with Crippen LogP contribution in [0, 0.1) is 0 Å². The fourth-order valence-electron chi connectivity index (χ4n) is 12.0. The number of carbonyl (C=O) groups excluding carboxylic acids is 1. The molecule has 0 N–H and O–H groups in total. The number of pyridine rings is 2. The molecule has 0 bridgehead atoms. The summed E-state index contributed by atoms with van der Waals surface area (Å²) in [4.78, 5) is 36.5. The van der Waals surface area contributed by atoms with Crippen LogP contribution >= 0.6 is 22.7 Å². The quantitative estimate of drug-likeness (QED) is 0.127. The first kappa shape index (κ1) is 52.2. The highest BCUT2D eigenvalue weighted by Gasteiger charge is 2.41. The second-order valence-electron chi connectivity index (χ2n) is 21.6. The van der Waals surface area contributed by atoms with Crippen molar-refractivity contribution in [3.63, 3.8) is 0 Å². The molecule has 13 rings (SSSR count). The van der Waals surface area contributed by atoms with Crippen LogP contribution in [0.5, 0.6) is 0 Å². The molecule has 9 heterocycles. The van der Waals surface area contributed by atoms with Crippen LogP contribution in [0.4, 0.5) is 0 Å². The minimum absolute atomic E-state index is 0.223. The zero-order valence-electron chi connectivity index (χ0n) is 43.5. The zero-order valence-corrected chi connectivity index (χ0v) is 46.8. The smallest absolute Gasteiger partial charge is 0.269 e. The highest BCUT2D eigenvalue weighted by atomic mass is 32.2. The van der Waals surface area contributed by atoms with E-state index in [1.165, 1.54) is 7.94 Å². The van der Waals surface area contributed by atoms with Crippen LogP contribution in [-0.4, -0.2) is 120 Å². The summed E-state index contributed by atoms with van der Waals surface area (Å²) >= 11 is 3.34. The lowest BCUT2D eigenvalue weighted by Crippen LogP contribution is -2.34. The van der Waals surface area contributed by atoms with Crippen LogP contribution in [-0.2, 0) is 34.3 Å². The summed E-state index contributed by atoms with van der Waals surface area (Å²) in [6.45, 7) is 5.59. The number of piperidine rings is 2. The molecular weight excluding hydrogens is 1050 g/mol. The number of ether oxygens (including phenoxy) is 2. The van der Waals surface area contributed by atoms with Gasteiger partial charge in [0.25, 0.3) is 20.0 Å². The molecule has 2 aliphatic carbocycles. The van der Waals surface area contributed by atoms with Crippen molar-refractivity contribution in [2.45, 2.75) is 116 Å². The molecule has 0 radical (unpaired) electrons. The van der Waals surface area contributed by atoms with Gasteiger partial charge in [0.2, 0.25) is 0 Å².